The highest BCUT2D eigenvalue weighted by atomic mass is 79.9. The minimum absolute atomic E-state index is 0.601. The topological polar surface area (TPSA) is 30.5 Å². The van der Waals surface area contributed by atoms with Crippen molar-refractivity contribution in [3.63, 3.8) is 0 Å². The Kier molecular flexibility index (Phi) is 5.60. The second-order valence-electron chi connectivity index (χ2n) is 2.83. The van der Waals surface area contributed by atoms with Crippen LogP contribution in [-0.2, 0) is 11.4 Å². The summed E-state index contributed by atoms with van der Waals surface area (Å²) in [6.07, 6.45) is 0. The van der Waals surface area contributed by atoms with Crippen LogP contribution in [0.25, 0.3) is 0 Å². The lowest BCUT2D eigenvalue weighted by Crippen LogP contribution is -2.12. The number of hydrogen-bond donors (Lipinski definition) is 1. The van der Waals surface area contributed by atoms with Crippen LogP contribution in [0.5, 0.6) is 5.75 Å². The highest BCUT2D eigenvalue weighted by Gasteiger charge is 2.09. The lowest BCUT2D eigenvalue weighted by atomic mass is 10.2. The first-order valence-electron chi connectivity index (χ1n) is 4.55. The van der Waals surface area contributed by atoms with E-state index in [9.17, 15) is 0 Å². The van der Waals surface area contributed by atoms with Crippen molar-refractivity contribution >= 4 is 31.9 Å². The van der Waals surface area contributed by atoms with Crippen LogP contribution < -0.4 is 10.2 Å². The van der Waals surface area contributed by atoms with E-state index in [0.29, 0.717) is 13.2 Å². The van der Waals surface area contributed by atoms with Crippen molar-refractivity contribution < 1.29 is 9.57 Å². The number of halogens is 2. The molecule has 0 fully saturated rings. The molecule has 0 bridgehead atoms. The summed E-state index contributed by atoms with van der Waals surface area (Å²) in [7, 11) is 1.59. The molecule has 0 saturated carbocycles. The molecule has 0 aromatic heterocycles. The lowest BCUT2D eigenvalue weighted by Gasteiger charge is -2.12. The second kappa shape index (κ2) is 6.48. The highest BCUT2D eigenvalue weighted by Crippen LogP contribution is 2.32. The van der Waals surface area contributed by atoms with Gasteiger partial charge in [-0.15, -0.1) is 0 Å². The van der Waals surface area contributed by atoms with E-state index < -0.39 is 0 Å². The van der Waals surface area contributed by atoms with Gasteiger partial charge in [0.2, 0.25) is 0 Å². The average molecular weight is 339 g/mol. The summed E-state index contributed by atoms with van der Waals surface area (Å²) in [5.41, 5.74) is 3.84. The molecule has 0 saturated heterocycles. The first-order chi connectivity index (χ1) is 7.19. The zero-order chi connectivity index (χ0) is 11.3. The van der Waals surface area contributed by atoms with E-state index in [2.05, 4.69) is 37.3 Å². The van der Waals surface area contributed by atoms with Crippen molar-refractivity contribution in [2.24, 2.45) is 0 Å². The molecule has 0 spiro atoms. The van der Waals surface area contributed by atoms with Crippen molar-refractivity contribution in [1.82, 2.24) is 5.48 Å². The third-order valence-electron chi connectivity index (χ3n) is 1.78. The molecule has 0 aliphatic heterocycles. The van der Waals surface area contributed by atoms with Gasteiger partial charge in [0.15, 0.2) is 0 Å². The van der Waals surface area contributed by atoms with Crippen LogP contribution in [0.15, 0.2) is 21.1 Å². The monoisotopic (exact) mass is 337 g/mol. The van der Waals surface area contributed by atoms with Crippen molar-refractivity contribution in [2.45, 2.75) is 13.5 Å². The molecule has 5 heteroatoms. The van der Waals surface area contributed by atoms with E-state index in [1.165, 1.54) is 0 Å². The van der Waals surface area contributed by atoms with E-state index in [1.807, 2.05) is 19.1 Å². The molecule has 15 heavy (non-hydrogen) atoms. The van der Waals surface area contributed by atoms with E-state index >= 15 is 0 Å². The number of rotatable bonds is 5. The smallest absolute Gasteiger partial charge is 0.138 e. The molecule has 0 unspecified atom stereocenters. The minimum atomic E-state index is 0.601. The van der Waals surface area contributed by atoms with Gasteiger partial charge in [0, 0.05) is 16.6 Å². The van der Waals surface area contributed by atoms with Gasteiger partial charge in [-0.25, -0.2) is 0 Å². The van der Waals surface area contributed by atoms with Gasteiger partial charge in [0.25, 0.3) is 0 Å². The van der Waals surface area contributed by atoms with E-state index in [1.54, 1.807) is 7.11 Å². The lowest BCUT2D eigenvalue weighted by molar-refractivity contribution is 0.0859. The second-order valence-corrected chi connectivity index (χ2v) is 4.60. The molecule has 0 amide bonds. The van der Waals surface area contributed by atoms with Crippen molar-refractivity contribution in [2.75, 3.05) is 13.7 Å². The molecule has 1 aromatic carbocycles. The number of ether oxygens (including phenoxy) is 1. The molecule has 0 aliphatic rings. The molecule has 84 valence electrons. The van der Waals surface area contributed by atoms with Crippen molar-refractivity contribution in [3.8, 4) is 5.75 Å². The number of nitrogens with one attached hydrogen (secondary N) is 1. The van der Waals surface area contributed by atoms with E-state index in [4.69, 9.17) is 9.57 Å². The van der Waals surface area contributed by atoms with Crippen LogP contribution in [-0.4, -0.2) is 13.7 Å². The van der Waals surface area contributed by atoms with Crippen LogP contribution in [0.3, 0.4) is 0 Å². The molecule has 1 aromatic rings. The van der Waals surface area contributed by atoms with Crippen LogP contribution in [0, 0.1) is 0 Å². The molecule has 0 atom stereocenters. The molecule has 3 nitrogen and oxygen atoms in total. The summed E-state index contributed by atoms with van der Waals surface area (Å²) in [5.74, 6) is 0.852. The fourth-order valence-corrected chi connectivity index (χ4v) is 2.63. The van der Waals surface area contributed by atoms with E-state index in [0.717, 1.165) is 20.3 Å². The molecule has 0 heterocycles. The Morgan fingerprint density at radius 1 is 1.33 bits per heavy atom. The Bertz CT molecular complexity index is 331. The average Bonchev–Trinajstić information content (AvgIpc) is 2.19. The summed E-state index contributed by atoms with van der Waals surface area (Å²) in [4.78, 5) is 4.82. The van der Waals surface area contributed by atoms with Gasteiger partial charge in [-0.05, 0) is 35.0 Å². The summed E-state index contributed by atoms with van der Waals surface area (Å²) >= 11 is 6.90. The summed E-state index contributed by atoms with van der Waals surface area (Å²) in [5, 5.41) is 0. The third-order valence-corrected chi connectivity index (χ3v) is 2.83. The normalized spacial score (nSPS) is 10.4. The van der Waals surface area contributed by atoms with Crippen LogP contribution in [0.1, 0.15) is 12.5 Å². The van der Waals surface area contributed by atoms with Gasteiger partial charge in [-0.2, -0.15) is 5.48 Å². The first-order valence-corrected chi connectivity index (χ1v) is 6.14. The fourth-order valence-electron chi connectivity index (χ4n) is 1.20. The van der Waals surface area contributed by atoms with Crippen molar-refractivity contribution in [3.05, 3.63) is 26.6 Å². The van der Waals surface area contributed by atoms with Crippen LogP contribution >= 0.6 is 31.9 Å². The summed E-state index contributed by atoms with van der Waals surface area (Å²) in [6, 6.07) is 3.96. The van der Waals surface area contributed by atoms with Crippen LogP contribution in [0.2, 0.25) is 0 Å². The van der Waals surface area contributed by atoms with E-state index in [-0.39, 0.29) is 0 Å². The zero-order valence-electron chi connectivity index (χ0n) is 8.64. The number of hydroxylamine groups is 1. The van der Waals surface area contributed by atoms with Gasteiger partial charge >= 0.3 is 0 Å². The van der Waals surface area contributed by atoms with Gasteiger partial charge < -0.3 is 9.57 Å². The van der Waals surface area contributed by atoms with Crippen molar-refractivity contribution in [1.29, 1.82) is 0 Å². The molecule has 0 aliphatic carbocycles. The minimum Gasteiger partial charge on any atom is -0.492 e. The Labute approximate surface area is 106 Å². The van der Waals surface area contributed by atoms with Crippen LogP contribution in [0.4, 0.5) is 0 Å². The predicted molar refractivity (Wildman–Crippen MR) is 66.9 cm³/mol. The Morgan fingerprint density at radius 3 is 2.67 bits per heavy atom. The quantitative estimate of drug-likeness (QED) is 0.836. The first kappa shape index (κ1) is 13.0. The number of benzene rings is 1. The SMILES string of the molecule is CCOc1c(Br)cc(Br)cc1CNOC. The molecule has 1 rings (SSSR count). The third kappa shape index (κ3) is 3.75. The van der Waals surface area contributed by atoms with Gasteiger partial charge in [0.1, 0.15) is 5.75 Å². The predicted octanol–water partition coefficient (Wildman–Crippen LogP) is 3.26. The summed E-state index contributed by atoms with van der Waals surface area (Å²) < 4.78 is 7.50. The zero-order valence-corrected chi connectivity index (χ0v) is 11.8. The largest absolute Gasteiger partial charge is 0.492 e. The Balaban J connectivity index is 2.97. The molecular weight excluding hydrogens is 326 g/mol. The Hall–Kier alpha value is -0.100. The fraction of sp³-hybridized carbons (Fsp3) is 0.400. The standard InChI is InChI=1S/C10H13Br2NO2/c1-3-15-10-7(6-13-14-2)4-8(11)5-9(10)12/h4-5,13H,3,6H2,1-2H3. The molecule has 1 N–H and O–H groups in total. The molecule has 0 radical (unpaired) electrons. The maximum atomic E-state index is 5.56. The maximum absolute atomic E-state index is 5.56. The maximum Gasteiger partial charge on any atom is 0.138 e. The Morgan fingerprint density at radius 2 is 2.07 bits per heavy atom. The molecular formula is C10H13Br2NO2. The van der Waals surface area contributed by atoms with Gasteiger partial charge in [0.05, 0.1) is 18.2 Å². The van der Waals surface area contributed by atoms with Gasteiger partial charge in [-0.1, -0.05) is 15.9 Å². The number of hydrogen-bond acceptors (Lipinski definition) is 3. The highest BCUT2D eigenvalue weighted by molar-refractivity contribution is 9.11. The van der Waals surface area contributed by atoms with Gasteiger partial charge in [-0.3, -0.25) is 0 Å². The summed E-state index contributed by atoms with van der Waals surface area (Å²) in [6.45, 7) is 3.20.